The van der Waals surface area contributed by atoms with E-state index in [1.807, 2.05) is 26.0 Å². The lowest BCUT2D eigenvalue weighted by atomic mass is 9.81. The molecule has 1 aliphatic rings. The summed E-state index contributed by atoms with van der Waals surface area (Å²) in [6, 6.07) is 7.84. The Morgan fingerprint density at radius 1 is 1.24 bits per heavy atom. The van der Waals surface area contributed by atoms with Crippen LogP contribution in [0.2, 0.25) is 0 Å². The highest BCUT2D eigenvalue weighted by atomic mass is 35.5. The van der Waals surface area contributed by atoms with Crippen LogP contribution >= 0.6 is 12.4 Å². The first-order valence-electron chi connectivity index (χ1n) is 7.15. The van der Waals surface area contributed by atoms with Gasteiger partial charge >= 0.3 is 5.97 Å². The quantitative estimate of drug-likeness (QED) is 0.869. The smallest absolute Gasteiger partial charge is 0.313 e. The van der Waals surface area contributed by atoms with Crippen molar-refractivity contribution in [2.24, 2.45) is 11.1 Å². The van der Waals surface area contributed by atoms with E-state index in [-0.39, 0.29) is 24.4 Å². The molecule has 0 aliphatic carbocycles. The van der Waals surface area contributed by atoms with Gasteiger partial charge in [-0.05, 0) is 44.4 Å². The highest BCUT2D eigenvalue weighted by molar-refractivity contribution is 5.85. The molecule has 1 aliphatic heterocycles. The third kappa shape index (κ3) is 3.69. The number of hydrogen-bond donors (Lipinski definition) is 1. The van der Waals surface area contributed by atoms with E-state index in [1.54, 1.807) is 0 Å². The Bertz CT molecular complexity index is 468. The molecule has 0 saturated carbocycles. The summed E-state index contributed by atoms with van der Waals surface area (Å²) in [6.45, 7) is 5.88. The summed E-state index contributed by atoms with van der Waals surface area (Å²) < 4.78 is 4.84. The number of carbonyl (C=O) groups excluding carboxylic acids is 1. The van der Waals surface area contributed by atoms with Gasteiger partial charge in [0.1, 0.15) is 0 Å². The maximum Gasteiger partial charge on any atom is 0.313 e. The Labute approximate surface area is 133 Å². The van der Waals surface area contributed by atoms with Gasteiger partial charge in [-0.1, -0.05) is 12.1 Å². The average Bonchev–Trinajstić information content (AvgIpc) is 2.99. The van der Waals surface area contributed by atoms with Crippen LogP contribution in [0, 0.1) is 5.41 Å². The van der Waals surface area contributed by atoms with Crippen LogP contribution in [0.3, 0.4) is 0 Å². The fourth-order valence-electron chi connectivity index (χ4n) is 2.67. The Balaban J connectivity index is 0.00000220. The van der Waals surface area contributed by atoms with E-state index in [4.69, 9.17) is 10.5 Å². The first kappa shape index (κ1) is 17.8. The topological polar surface area (TPSA) is 55.6 Å². The molecule has 4 nitrogen and oxygen atoms in total. The van der Waals surface area contributed by atoms with Gasteiger partial charge in [0.25, 0.3) is 0 Å². The number of esters is 1. The summed E-state index contributed by atoms with van der Waals surface area (Å²) in [4.78, 5) is 14.2. The number of carbonyl (C=O) groups is 1. The molecule has 118 valence electrons. The van der Waals surface area contributed by atoms with Crippen LogP contribution in [-0.2, 0) is 9.53 Å². The van der Waals surface area contributed by atoms with Crippen LogP contribution in [0.4, 0.5) is 5.69 Å². The summed E-state index contributed by atoms with van der Waals surface area (Å²) >= 11 is 0. The normalized spacial score (nSPS) is 16.3. The third-order valence-corrected chi connectivity index (χ3v) is 4.21. The fourth-order valence-corrected chi connectivity index (χ4v) is 2.67. The molecule has 21 heavy (non-hydrogen) atoms. The average molecular weight is 313 g/mol. The van der Waals surface area contributed by atoms with Gasteiger partial charge in [0.05, 0.1) is 12.5 Å². The number of halogens is 1. The number of methoxy groups -OCH3 is 1. The first-order chi connectivity index (χ1) is 9.46. The zero-order chi connectivity index (χ0) is 14.8. The molecule has 1 heterocycles. The number of nitrogens with two attached hydrogens (primary N) is 1. The minimum Gasteiger partial charge on any atom is -0.469 e. The van der Waals surface area contributed by atoms with Crippen molar-refractivity contribution in [1.29, 1.82) is 0 Å². The lowest BCUT2D eigenvalue weighted by molar-refractivity contribution is -0.152. The van der Waals surface area contributed by atoms with Crippen molar-refractivity contribution in [2.45, 2.75) is 32.7 Å². The van der Waals surface area contributed by atoms with E-state index in [0.29, 0.717) is 0 Å². The number of rotatable bonds is 4. The van der Waals surface area contributed by atoms with E-state index in [9.17, 15) is 4.79 Å². The second kappa shape index (κ2) is 7.14. The number of ether oxygens (including phenoxy) is 1. The van der Waals surface area contributed by atoms with E-state index in [0.717, 1.165) is 18.7 Å². The molecule has 0 unspecified atom stereocenters. The maximum absolute atomic E-state index is 11.8. The summed E-state index contributed by atoms with van der Waals surface area (Å²) in [6.07, 6.45) is 2.52. The Kier molecular flexibility index (Phi) is 6.05. The van der Waals surface area contributed by atoms with E-state index < -0.39 is 5.41 Å². The summed E-state index contributed by atoms with van der Waals surface area (Å²) in [5.74, 6) is -0.284. The van der Waals surface area contributed by atoms with Gasteiger partial charge in [-0.2, -0.15) is 0 Å². The lowest BCUT2D eigenvalue weighted by Crippen LogP contribution is -2.37. The van der Waals surface area contributed by atoms with Gasteiger partial charge in [0.15, 0.2) is 0 Å². The Morgan fingerprint density at radius 3 is 2.24 bits per heavy atom. The minimum absolute atomic E-state index is 0. The maximum atomic E-state index is 11.8. The second-order valence-corrected chi connectivity index (χ2v) is 5.98. The Hall–Kier alpha value is -1.26. The summed E-state index contributed by atoms with van der Waals surface area (Å²) in [7, 11) is 1.40. The van der Waals surface area contributed by atoms with Crippen molar-refractivity contribution in [3.8, 4) is 0 Å². The van der Waals surface area contributed by atoms with Crippen LogP contribution in [0.1, 0.15) is 38.3 Å². The van der Waals surface area contributed by atoms with Gasteiger partial charge in [0.2, 0.25) is 0 Å². The number of nitrogens with zero attached hydrogens (tertiary/aromatic N) is 1. The van der Waals surface area contributed by atoms with Crippen molar-refractivity contribution in [3.05, 3.63) is 29.8 Å². The zero-order valence-electron chi connectivity index (χ0n) is 13.0. The molecule has 0 aromatic heterocycles. The number of anilines is 1. The van der Waals surface area contributed by atoms with E-state index in [2.05, 4.69) is 17.0 Å². The molecule has 0 spiro atoms. The standard InChI is InChI=1S/C16H24N2O2.ClH/c1-16(2,15(19)20-3)14(17)12-6-8-13(9-7-12)18-10-4-5-11-18;/h6-9,14H,4-5,10-11,17H2,1-3H3;1H/t14-;/m0./s1. The molecule has 1 fully saturated rings. The van der Waals surface area contributed by atoms with Crippen LogP contribution < -0.4 is 10.6 Å². The van der Waals surface area contributed by atoms with Gasteiger partial charge in [-0.25, -0.2) is 0 Å². The molecule has 1 aromatic carbocycles. The summed E-state index contributed by atoms with van der Waals surface area (Å²) in [5, 5.41) is 0. The van der Waals surface area contributed by atoms with Gasteiger partial charge in [-0.3, -0.25) is 4.79 Å². The van der Waals surface area contributed by atoms with Crippen LogP contribution in [0.25, 0.3) is 0 Å². The summed E-state index contributed by atoms with van der Waals surface area (Å²) in [5.41, 5.74) is 7.70. The molecule has 1 atom stereocenters. The van der Waals surface area contributed by atoms with Gasteiger partial charge < -0.3 is 15.4 Å². The highest BCUT2D eigenvalue weighted by Gasteiger charge is 2.36. The minimum atomic E-state index is -0.732. The van der Waals surface area contributed by atoms with E-state index >= 15 is 0 Å². The predicted molar refractivity (Wildman–Crippen MR) is 87.9 cm³/mol. The monoisotopic (exact) mass is 312 g/mol. The predicted octanol–water partition coefficient (Wildman–Crippen LogP) is 2.91. The second-order valence-electron chi connectivity index (χ2n) is 5.98. The van der Waals surface area contributed by atoms with Crippen molar-refractivity contribution >= 4 is 24.1 Å². The molecule has 0 amide bonds. The van der Waals surface area contributed by atoms with Crippen molar-refractivity contribution in [2.75, 3.05) is 25.1 Å². The van der Waals surface area contributed by atoms with Crippen molar-refractivity contribution in [1.82, 2.24) is 0 Å². The molecule has 5 heteroatoms. The lowest BCUT2D eigenvalue weighted by Gasteiger charge is -2.29. The molecule has 0 bridgehead atoms. The zero-order valence-corrected chi connectivity index (χ0v) is 13.8. The third-order valence-electron chi connectivity index (χ3n) is 4.21. The van der Waals surface area contributed by atoms with Crippen LogP contribution in [0.15, 0.2) is 24.3 Å². The van der Waals surface area contributed by atoms with Crippen molar-refractivity contribution in [3.63, 3.8) is 0 Å². The number of benzene rings is 1. The largest absolute Gasteiger partial charge is 0.469 e. The van der Waals surface area contributed by atoms with Crippen molar-refractivity contribution < 1.29 is 9.53 Å². The van der Waals surface area contributed by atoms with Crippen LogP contribution in [-0.4, -0.2) is 26.2 Å². The molecule has 2 N–H and O–H groups in total. The van der Waals surface area contributed by atoms with Gasteiger partial charge in [0, 0.05) is 24.8 Å². The Morgan fingerprint density at radius 2 is 1.76 bits per heavy atom. The van der Waals surface area contributed by atoms with E-state index in [1.165, 1.54) is 25.6 Å². The highest BCUT2D eigenvalue weighted by Crippen LogP contribution is 2.33. The molecular formula is C16H25ClN2O2. The molecule has 1 saturated heterocycles. The van der Waals surface area contributed by atoms with Gasteiger partial charge in [-0.15, -0.1) is 12.4 Å². The molecule has 1 aromatic rings. The molecular weight excluding hydrogens is 288 g/mol. The number of hydrogen-bond acceptors (Lipinski definition) is 4. The first-order valence-corrected chi connectivity index (χ1v) is 7.15. The SMILES string of the molecule is COC(=O)C(C)(C)[C@@H](N)c1ccc(N2CCCC2)cc1.Cl. The fraction of sp³-hybridized carbons (Fsp3) is 0.562. The van der Waals surface area contributed by atoms with Crippen LogP contribution in [0.5, 0.6) is 0 Å². The molecule has 0 radical (unpaired) electrons. The molecule has 2 rings (SSSR count).